The highest BCUT2D eigenvalue weighted by Gasteiger charge is 2.23. The first kappa shape index (κ1) is 21.8. The molecule has 0 aliphatic carbocycles. The minimum atomic E-state index is -0.639. The number of aliphatic hydroxyl groups excluding tert-OH is 1. The van der Waals surface area contributed by atoms with E-state index in [1.54, 1.807) is 0 Å². The molecule has 5 nitrogen and oxygen atoms in total. The molecule has 4 aromatic rings. The van der Waals surface area contributed by atoms with Crippen molar-refractivity contribution in [1.29, 1.82) is 0 Å². The maximum absolute atomic E-state index is 10.5. The van der Waals surface area contributed by atoms with Gasteiger partial charge in [-0.1, -0.05) is 92.7 Å². The van der Waals surface area contributed by atoms with Crippen molar-refractivity contribution in [3.05, 3.63) is 91.0 Å². The molecular weight excluding hydrogens is 398 g/mol. The lowest BCUT2D eigenvalue weighted by atomic mass is 10.0. The normalized spacial score (nSPS) is 12.1. The van der Waals surface area contributed by atoms with E-state index in [0.717, 1.165) is 28.1 Å². The lowest BCUT2D eigenvalue weighted by Gasteiger charge is -2.17. The van der Waals surface area contributed by atoms with Crippen LogP contribution < -0.4 is 10.1 Å². The highest BCUT2D eigenvalue weighted by atomic mass is 16.5. The Labute approximate surface area is 189 Å². The number of nitrogens with one attached hydrogen (secondary N) is 1. The maximum Gasteiger partial charge on any atom is 0.225 e. The molecule has 4 rings (SSSR count). The van der Waals surface area contributed by atoms with Crippen LogP contribution >= 0.6 is 0 Å². The van der Waals surface area contributed by atoms with Crippen molar-refractivity contribution in [2.24, 2.45) is 0 Å². The second kappa shape index (κ2) is 10.3. The summed E-state index contributed by atoms with van der Waals surface area (Å²) in [5, 5.41) is 18.7. The van der Waals surface area contributed by atoms with Crippen LogP contribution in [-0.4, -0.2) is 40.2 Å². The van der Waals surface area contributed by atoms with Crippen LogP contribution in [0.3, 0.4) is 0 Å². The monoisotopic (exact) mass is 427 g/mol. The zero-order valence-corrected chi connectivity index (χ0v) is 18.5. The Morgan fingerprint density at radius 1 is 0.844 bits per heavy atom. The highest BCUT2D eigenvalue weighted by molar-refractivity contribution is 5.85. The van der Waals surface area contributed by atoms with Gasteiger partial charge in [0.05, 0.1) is 11.3 Å². The first-order valence-electron chi connectivity index (χ1n) is 11.0. The summed E-state index contributed by atoms with van der Waals surface area (Å²) in [6.07, 6.45) is -0.639. The summed E-state index contributed by atoms with van der Waals surface area (Å²) in [7, 11) is 0. The number of rotatable bonds is 9. The van der Waals surface area contributed by atoms with Gasteiger partial charge < -0.3 is 15.2 Å². The van der Waals surface area contributed by atoms with Crippen LogP contribution in [0, 0.1) is 0 Å². The van der Waals surface area contributed by atoms with Gasteiger partial charge in [-0.05, 0) is 17.7 Å². The van der Waals surface area contributed by atoms with Crippen molar-refractivity contribution in [2.45, 2.75) is 26.0 Å². The van der Waals surface area contributed by atoms with Crippen molar-refractivity contribution in [2.75, 3.05) is 13.2 Å². The minimum Gasteiger partial charge on any atom is -0.474 e. The van der Waals surface area contributed by atoms with Crippen LogP contribution in [0.25, 0.3) is 28.1 Å². The van der Waals surface area contributed by atoms with E-state index in [1.807, 2.05) is 71.4 Å². The predicted molar refractivity (Wildman–Crippen MR) is 129 cm³/mol. The van der Waals surface area contributed by atoms with E-state index < -0.39 is 6.10 Å². The summed E-state index contributed by atoms with van der Waals surface area (Å²) in [6.45, 7) is 4.73. The van der Waals surface area contributed by atoms with E-state index in [9.17, 15) is 5.11 Å². The van der Waals surface area contributed by atoms with Gasteiger partial charge in [0.25, 0.3) is 0 Å². The van der Waals surface area contributed by atoms with Gasteiger partial charge in [-0.15, -0.1) is 0 Å². The summed E-state index contributed by atoms with van der Waals surface area (Å²) in [5.41, 5.74) is 4.66. The first-order valence-corrected chi connectivity index (χ1v) is 11.0. The fourth-order valence-electron chi connectivity index (χ4n) is 3.55. The number of aliphatic hydroxyl groups is 1. The van der Waals surface area contributed by atoms with Gasteiger partial charge in [0.15, 0.2) is 0 Å². The Hall–Kier alpha value is -3.41. The first-order chi connectivity index (χ1) is 15.6. The second-order valence-corrected chi connectivity index (χ2v) is 8.04. The van der Waals surface area contributed by atoms with Gasteiger partial charge >= 0.3 is 0 Å². The van der Waals surface area contributed by atoms with E-state index >= 15 is 0 Å². The van der Waals surface area contributed by atoms with Crippen molar-refractivity contribution >= 4 is 0 Å². The molecule has 2 N–H and O–H groups in total. The molecule has 1 aromatic heterocycles. The molecule has 0 spiro atoms. The highest BCUT2D eigenvalue weighted by Crippen LogP contribution is 2.40. The number of para-hydroxylation sites is 1. The third kappa shape index (κ3) is 5.07. The minimum absolute atomic E-state index is 0.159. The van der Waals surface area contributed by atoms with Crippen LogP contribution in [0.1, 0.15) is 13.8 Å². The molecule has 3 aromatic carbocycles. The van der Waals surface area contributed by atoms with E-state index in [-0.39, 0.29) is 6.61 Å². The Morgan fingerprint density at radius 3 is 2.00 bits per heavy atom. The maximum atomic E-state index is 10.5. The number of benzene rings is 3. The third-order valence-corrected chi connectivity index (χ3v) is 5.13. The molecule has 0 bridgehead atoms. The molecule has 0 aliphatic rings. The predicted octanol–water partition coefficient (Wildman–Crippen LogP) is 4.94. The fourth-order valence-corrected chi connectivity index (χ4v) is 3.55. The van der Waals surface area contributed by atoms with Gasteiger partial charge in [0.1, 0.15) is 18.4 Å². The van der Waals surface area contributed by atoms with Gasteiger partial charge in [-0.3, -0.25) is 0 Å². The molecular formula is C27H29N3O2. The van der Waals surface area contributed by atoms with Gasteiger partial charge in [-0.2, -0.15) is 9.78 Å². The van der Waals surface area contributed by atoms with E-state index in [0.29, 0.717) is 18.5 Å². The Bertz CT molecular complexity index is 1110. The average molecular weight is 428 g/mol. The van der Waals surface area contributed by atoms with Crippen LogP contribution in [-0.2, 0) is 0 Å². The standard InChI is InChI=1S/C27H29N3O2/c1-20(2)28-18-24(31)19-32-27-25(21-12-6-3-7-13-21)26(22-14-8-4-9-15-22)29-30(27)23-16-10-5-11-17-23/h3-17,20,24,28,31H,18-19H2,1-2H3/t24-/m1/s1. The Kier molecular flexibility index (Phi) is 7.00. The number of hydrogen-bond acceptors (Lipinski definition) is 4. The SMILES string of the molecule is CC(C)NC[C@@H](O)COc1c(-c2ccccc2)c(-c2ccccc2)nn1-c1ccccc1. The van der Waals surface area contributed by atoms with Crippen molar-refractivity contribution in [3.63, 3.8) is 0 Å². The molecule has 0 amide bonds. The van der Waals surface area contributed by atoms with Crippen LogP contribution in [0.2, 0.25) is 0 Å². The third-order valence-electron chi connectivity index (χ3n) is 5.13. The average Bonchev–Trinajstić information content (AvgIpc) is 3.22. The molecule has 5 heteroatoms. The van der Waals surface area contributed by atoms with Crippen LogP contribution in [0.5, 0.6) is 5.88 Å². The molecule has 0 fully saturated rings. The number of ether oxygens (including phenoxy) is 1. The summed E-state index contributed by atoms with van der Waals surface area (Å²) in [4.78, 5) is 0. The largest absolute Gasteiger partial charge is 0.474 e. The van der Waals surface area contributed by atoms with Gasteiger partial charge in [0.2, 0.25) is 5.88 Å². The van der Waals surface area contributed by atoms with E-state index in [4.69, 9.17) is 9.84 Å². The number of nitrogens with zero attached hydrogens (tertiary/aromatic N) is 2. The van der Waals surface area contributed by atoms with Crippen molar-refractivity contribution in [1.82, 2.24) is 15.1 Å². The van der Waals surface area contributed by atoms with Gasteiger partial charge in [0, 0.05) is 18.2 Å². The molecule has 32 heavy (non-hydrogen) atoms. The summed E-state index contributed by atoms with van der Waals surface area (Å²) >= 11 is 0. The van der Waals surface area contributed by atoms with E-state index in [2.05, 4.69) is 43.4 Å². The number of aromatic nitrogens is 2. The zero-order valence-electron chi connectivity index (χ0n) is 18.5. The van der Waals surface area contributed by atoms with Gasteiger partial charge in [-0.25, -0.2) is 0 Å². The topological polar surface area (TPSA) is 59.3 Å². The smallest absolute Gasteiger partial charge is 0.225 e. The van der Waals surface area contributed by atoms with E-state index in [1.165, 1.54) is 0 Å². The van der Waals surface area contributed by atoms with Crippen molar-refractivity contribution in [3.8, 4) is 34.0 Å². The lowest BCUT2D eigenvalue weighted by Crippen LogP contribution is -2.35. The molecule has 0 radical (unpaired) electrons. The zero-order chi connectivity index (χ0) is 22.3. The lowest BCUT2D eigenvalue weighted by molar-refractivity contribution is 0.101. The molecule has 0 saturated carbocycles. The summed E-state index contributed by atoms with van der Waals surface area (Å²) < 4.78 is 8.11. The summed E-state index contributed by atoms with van der Waals surface area (Å²) in [5.74, 6) is 0.616. The molecule has 1 atom stereocenters. The molecule has 1 heterocycles. The molecule has 0 aliphatic heterocycles. The summed E-state index contributed by atoms with van der Waals surface area (Å²) in [6, 6.07) is 30.5. The number of hydrogen-bond donors (Lipinski definition) is 2. The molecule has 164 valence electrons. The molecule has 0 unspecified atom stereocenters. The van der Waals surface area contributed by atoms with Crippen LogP contribution in [0.4, 0.5) is 0 Å². The quantitative estimate of drug-likeness (QED) is 0.397. The Balaban J connectivity index is 1.82. The van der Waals surface area contributed by atoms with Crippen molar-refractivity contribution < 1.29 is 9.84 Å². The second-order valence-electron chi connectivity index (χ2n) is 8.04. The molecule has 0 saturated heterocycles. The Morgan fingerprint density at radius 2 is 1.41 bits per heavy atom. The fraction of sp³-hybridized carbons (Fsp3) is 0.222. The van der Waals surface area contributed by atoms with Crippen LogP contribution in [0.15, 0.2) is 91.0 Å².